The number of carbonyl (C=O) groups excluding carboxylic acids is 2. The standard InChI is InChI=1S/C18H18ClNO4/c1-9-14(16(21)23-3)15-13-7-12(19)6-5-11(13)8-18(15,10(2)20-9)17(22)24-4/h5-7,15,20H,2,8H2,1,3-4H3. The lowest BCUT2D eigenvalue weighted by Crippen LogP contribution is -2.47. The molecule has 0 aromatic heterocycles. The normalized spacial score (nSPS) is 24.8. The van der Waals surface area contributed by atoms with E-state index in [9.17, 15) is 9.59 Å². The van der Waals surface area contributed by atoms with Crippen LogP contribution in [-0.4, -0.2) is 26.2 Å². The van der Waals surface area contributed by atoms with Crippen molar-refractivity contribution in [3.05, 3.63) is 57.9 Å². The minimum absolute atomic E-state index is 0.385. The van der Waals surface area contributed by atoms with Crippen LogP contribution < -0.4 is 5.32 Å². The lowest BCUT2D eigenvalue weighted by atomic mass is 9.67. The van der Waals surface area contributed by atoms with Crippen molar-refractivity contribution in [3.63, 3.8) is 0 Å². The van der Waals surface area contributed by atoms with Crippen LogP contribution in [0.4, 0.5) is 0 Å². The first-order chi connectivity index (χ1) is 11.4. The molecule has 0 bridgehead atoms. The second-order valence-electron chi connectivity index (χ2n) is 6.05. The van der Waals surface area contributed by atoms with Crippen molar-refractivity contribution in [2.24, 2.45) is 5.41 Å². The number of allylic oxidation sites excluding steroid dienone is 1. The maximum Gasteiger partial charge on any atom is 0.336 e. The summed E-state index contributed by atoms with van der Waals surface area (Å²) in [6.07, 6.45) is 0.385. The highest BCUT2D eigenvalue weighted by Gasteiger charge is 2.59. The number of methoxy groups -OCH3 is 2. The maximum atomic E-state index is 12.8. The van der Waals surface area contributed by atoms with Gasteiger partial charge in [-0.15, -0.1) is 0 Å². The lowest BCUT2D eigenvalue weighted by molar-refractivity contribution is -0.151. The number of carbonyl (C=O) groups is 2. The fraction of sp³-hybridized carbons (Fsp3) is 0.333. The van der Waals surface area contributed by atoms with Crippen LogP contribution in [0.5, 0.6) is 0 Å². The molecule has 0 amide bonds. The average molecular weight is 348 g/mol. The van der Waals surface area contributed by atoms with Crippen LogP contribution in [0.2, 0.25) is 5.02 Å². The Bertz CT molecular complexity index is 798. The van der Waals surface area contributed by atoms with Gasteiger partial charge in [-0.05, 0) is 36.6 Å². The summed E-state index contributed by atoms with van der Waals surface area (Å²) in [4.78, 5) is 25.2. The Labute approximate surface area is 145 Å². The van der Waals surface area contributed by atoms with E-state index >= 15 is 0 Å². The summed E-state index contributed by atoms with van der Waals surface area (Å²) in [7, 11) is 2.65. The van der Waals surface area contributed by atoms with Gasteiger partial charge in [-0.1, -0.05) is 24.2 Å². The van der Waals surface area contributed by atoms with Gasteiger partial charge in [-0.3, -0.25) is 4.79 Å². The maximum absolute atomic E-state index is 12.8. The number of rotatable bonds is 2. The summed E-state index contributed by atoms with van der Waals surface area (Å²) in [5.41, 5.74) is 2.20. The number of hydrogen-bond acceptors (Lipinski definition) is 5. The topological polar surface area (TPSA) is 64.6 Å². The number of esters is 2. The van der Waals surface area contributed by atoms with Crippen LogP contribution >= 0.6 is 11.6 Å². The second kappa shape index (κ2) is 5.67. The first-order valence-electron chi connectivity index (χ1n) is 7.49. The summed E-state index contributed by atoms with van der Waals surface area (Å²) in [5.74, 6) is -1.47. The Hall–Kier alpha value is -2.27. The first kappa shape index (κ1) is 16.6. The zero-order valence-corrected chi connectivity index (χ0v) is 14.5. The fourth-order valence-corrected chi connectivity index (χ4v) is 4.02. The van der Waals surface area contributed by atoms with Gasteiger partial charge in [0.05, 0.1) is 19.8 Å². The van der Waals surface area contributed by atoms with Crippen LogP contribution in [0.15, 0.2) is 41.7 Å². The third kappa shape index (κ3) is 2.08. The van der Waals surface area contributed by atoms with Gasteiger partial charge in [0.25, 0.3) is 0 Å². The Balaban J connectivity index is 2.32. The number of ether oxygens (including phenoxy) is 2. The Morgan fingerprint density at radius 1 is 1.33 bits per heavy atom. The van der Waals surface area contributed by atoms with Gasteiger partial charge >= 0.3 is 11.9 Å². The van der Waals surface area contributed by atoms with Crippen molar-refractivity contribution in [1.29, 1.82) is 0 Å². The largest absolute Gasteiger partial charge is 0.468 e. The number of nitrogens with one attached hydrogen (secondary N) is 1. The van der Waals surface area contributed by atoms with E-state index in [0.29, 0.717) is 28.4 Å². The molecule has 1 aliphatic heterocycles. The molecule has 2 unspecified atom stereocenters. The second-order valence-corrected chi connectivity index (χ2v) is 6.49. The van der Waals surface area contributed by atoms with Crippen molar-refractivity contribution < 1.29 is 19.1 Å². The molecule has 0 saturated carbocycles. The molecular formula is C18H18ClNO4. The van der Waals surface area contributed by atoms with Crippen molar-refractivity contribution in [3.8, 4) is 0 Å². The number of halogens is 1. The molecule has 1 aromatic rings. The van der Waals surface area contributed by atoms with E-state index in [2.05, 4.69) is 11.9 Å². The van der Waals surface area contributed by atoms with E-state index in [1.54, 1.807) is 19.1 Å². The van der Waals surface area contributed by atoms with Crippen LogP contribution in [0.1, 0.15) is 24.0 Å². The van der Waals surface area contributed by atoms with E-state index in [1.807, 2.05) is 6.07 Å². The summed E-state index contributed by atoms with van der Waals surface area (Å²) in [5, 5.41) is 3.61. The molecule has 0 radical (unpaired) electrons. The number of hydrogen-bond donors (Lipinski definition) is 1. The predicted octanol–water partition coefficient (Wildman–Crippen LogP) is 2.70. The zero-order chi connectivity index (χ0) is 17.6. The smallest absolute Gasteiger partial charge is 0.336 e. The van der Waals surface area contributed by atoms with Crippen molar-refractivity contribution >= 4 is 23.5 Å². The molecule has 0 spiro atoms. The average Bonchev–Trinajstić information content (AvgIpc) is 2.90. The first-order valence-corrected chi connectivity index (χ1v) is 7.86. The monoisotopic (exact) mass is 347 g/mol. The minimum Gasteiger partial charge on any atom is -0.468 e. The van der Waals surface area contributed by atoms with Crippen LogP contribution in [-0.2, 0) is 25.5 Å². The Morgan fingerprint density at radius 2 is 2.04 bits per heavy atom. The van der Waals surface area contributed by atoms with Crippen LogP contribution in [0, 0.1) is 5.41 Å². The SMILES string of the molecule is C=C1NC(C)=C(C(=O)OC)C2c3cc(Cl)ccc3CC12C(=O)OC. The molecule has 24 heavy (non-hydrogen) atoms. The minimum atomic E-state index is -1.09. The van der Waals surface area contributed by atoms with Gasteiger partial charge in [0.2, 0.25) is 0 Å². The van der Waals surface area contributed by atoms with E-state index in [-0.39, 0.29) is 0 Å². The molecule has 126 valence electrons. The highest BCUT2D eigenvalue weighted by atomic mass is 35.5. The van der Waals surface area contributed by atoms with Crippen molar-refractivity contribution in [2.45, 2.75) is 19.3 Å². The van der Waals surface area contributed by atoms with Gasteiger partial charge in [0.1, 0.15) is 5.41 Å². The molecule has 1 aliphatic carbocycles. The molecule has 2 atom stereocenters. The highest BCUT2D eigenvalue weighted by Crippen LogP contribution is 2.57. The fourth-order valence-electron chi connectivity index (χ4n) is 3.84. The molecular weight excluding hydrogens is 330 g/mol. The van der Waals surface area contributed by atoms with Crippen LogP contribution in [0.3, 0.4) is 0 Å². The van der Waals surface area contributed by atoms with E-state index in [0.717, 1.165) is 11.1 Å². The Morgan fingerprint density at radius 3 is 2.67 bits per heavy atom. The Kier molecular flexibility index (Phi) is 3.92. The highest BCUT2D eigenvalue weighted by molar-refractivity contribution is 6.30. The molecule has 6 heteroatoms. The molecule has 0 saturated heterocycles. The molecule has 5 nitrogen and oxygen atoms in total. The quantitative estimate of drug-likeness (QED) is 0.833. The van der Waals surface area contributed by atoms with Gasteiger partial charge in [-0.25, -0.2) is 4.79 Å². The van der Waals surface area contributed by atoms with Crippen molar-refractivity contribution in [1.82, 2.24) is 5.32 Å². The lowest BCUT2D eigenvalue weighted by Gasteiger charge is -2.40. The predicted molar refractivity (Wildman–Crippen MR) is 89.3 cm³/mol. The van der Waals surface area contributed by atoms with E-state index in [4.69, 9.17) is 21.1 Å². The zero-order valence-electron chi connectivity index (χ0n) is 13.7. The molecule has 1 N–H and O–H groups in total. The van der Waals surface area contributed by atoms with Gasteiger partial charge < -0.3 is 14.8 Å². The number of fused-ring (bicyclic) bond motifs is 3. The summed E-state index contributed by atoms with van der Waals surface area (Å²) in [6.45, 7) is 5.81. The van der Waals surface area contributed by atoms with Gasteiger partial charge in [-0.2, -0.15) is 0 Å². The summed E-state index contributed by atoms with van der Waals surface area (Å²) >= 11 is 6.16. The van der Waals surface area contributed by atoms with E-state index < -0.39 is 23.3 Å². The number of benzene rings is 1. The molecule has 3 rings (SSSR count). The van der Waals surface area contributed by atoms with Crippen LogP contribution in [0.25, 0.3) is 0 Å². The van der Waals surface area contributed by atoms with E-state index in [1.165, 1.54) is 14.2 Å². The summed E-state index contributed by atoms with van der Waals surface area (Å²) in [6, 6.07) is 5.44. The van der Waals surface area contributed by atoms with Gasteiger partial charge in [0, 0.05) is 22.3 Å². The van der Waals surface area contributed by atoms with Crippen molar-refractivity contribution in [2.75, 3.05) is 14.2 Å². The molecule has 2 aliphatic rings. The molecule has 1 aromatic carbocycles. The molecule has 1 heterocycles. The third-order valence-corrected chi connectivity index (χ3v) is 5.14. The van der Waals surface area contributed by atoms with Gasteiger partial charge in [0.15, 0.2) is 0 Å². The molecule has 0 fully saturated rings. The summed E-state index contributed by atoms with van der Waals surface area (Å²) < 4.78 is 10.0. The third-order valence-electron chi connectivity index (χ3n) is 4.91.